The highest BCUT2D eigenvalue weighted by Crippen LogP contribution is 2.22. The van der Waals surface area contributed by atoms with Crippen molar-refractivity contribution in [3.63, 3.8) is 0 Å². The molecule has 0 atom stereocenters. The summed E-state index contributed by atoms with van der Waals surface area (Å²) in [4.78, 5) is 14.3. The minimum absolute atomic E-state index is 0.174. The Morgan fingerprint density at radius 3 is 2.90 bits per heavy atom. The van der Waals surface area contributed by atoms with E-state index in [0.29, 0.717) is 22.8 Å². The number of para-hydroxylation sites is 1. The number of hydrogen-bond donors (Lipinski definition) is 2. The molecule has 0 spiro atoms. The molecule has 2 rings (SSSR count). The molecule has 1 saturated heterocycles. The Morgan fingerprint density at radius 1 is 1.40 bits per heavy atom. The molecule has 0 aromatic heterocycles. The van der Waals surface area contributed by atoms with Crippen LogP contribution in [0, 0.1) is 0 Å². The molecule has 3 N–H and O–H groups in total. The van der Waals surface area contributed by atoms with E-state index in [4.69, 9.17) is 22.1 Å². The topological polar surface area (TPSA) is 67.6 Å². The van der Waals surface area contributed by atoms with Crippen molar-refractivity contribution in [1.82, 2.24) is 10.2 Å². The Hall–Kier alpha value is -1.30. The molecule has 1 fully saturated rings. The fraction of sp³-hybridized carbons (Fsp3) is 0.500. The van der Waals surface area contributed by atoms with Gasteiger partial charge in [-0.25, -0.2) is 0 Å². The van der Waals surface area contributed by atoms with Crippen molar-refractivity contribution >= 4 is 23.2 Å². The van der Waals surface area contributed by atoms with Crippen LogP contribution in [0.5, 0.6) is 0 Å². The maximum absolute atomic E-state index is 12.0. The molecular formula is C14H20ClN3O2. The number of carbonyl (C=O) groups excluding carboxylic acids is 1. The second-order valence-electron chi connectivity index (χ2n) is 4.76. The monoisotopic (exact) mass is 297 g/mol. The van der Waals surface area contributed by atoms with Crippen molar-refractivity contribution in [2.75, 3.05) is 45.1 Å². The van der Waals surface area contributed by atoms with Gasteiger partial charge < -0.3 is 15.8 Å². The SMILES string of the molecule is Nc1c(Cl)cccc1C(=O)NCCCN1CCOCC1. The average molecular weight is 298 g/mol. The molecule has 0 radical (unpaired) electrons. The number of nitrogens with two attached hydrogens (primary N) is 1. The maximum atomic E-state index is 12.0. The quantitative estimate of drug-likeness (QED) is 0.636. The zero-order valence-corrected chi connectivity index (χ0v) is 12.2. The predicted octanol–water partition coefficient (Wildman–Crippen LogP) is 1.37. The van der Waals surface area contributed by atoms with Gasteiger partial charge in [0, 0.05) is 19.6 Å². The molecule has 6 heteroatoms. The molecule has 0 saturated carbocycles. The minimum atomic E-state index is -0.174. The van der Waals surface area contributed by atoms with Crippen molar-refractivity contribution in [3.05, 3.63) is 28.8 Å². The number of hydrogen-bond acceptors (Lipinski definition) is 4. The van der Waals surface area contributed by atoms with Crippen LogP contribution in [0.2, 0.25) is 5.02 Å². The number of carbonyl (C=O) groups is 1. The van der Waals surface area contributed by atoms with Gasteiger partial charge in [-0.2, -0.15) is 0 Å². The summed E-state index contributed by atoms with van der Waals surface area (Å²) >= 11 is 5.90. The van der Waals surface area contributed by atoms with E-state index in [9.17, 15) is 4.79 Å². The number of rotatable bonds is 5. The summed E-state index contributed by atoms with van der Waals surface area (Å²) in [6.45, 7) is 5.12. The third-order valence-electron chi connectivity index (χ3n) is 3.34. The van der Waals surface area contributed by atoms with Crippen molar-refractivity contribution in [2.45, 2.75) is 6.42 Å². The molecule has 0 bridgehead atoms. The lowest BCUT2D eigenvalue weighted by molar-refractivity contribution is 0.0374. The summed E-state index contributed by atoms with van der Waals surface area (Å²) in [6.07, 6.45) is 0.909. The van der Waals surface area contributed by atoms with Gasteiger partial charge in [0.25, 0.3) is 5.91 Å². The molecule has 1 aromatic rings. The number of morpholine rings is 1. The molecular weight excluding hydrogens is 278 g/mol. The van der Waals surface area contributed by atoms with Gasteiger partial charge in [0.1, 0.15) is 0 Å². The molecule has 0 unspecified atom stereocenters. The van der Waals surface area contributed by atoms with Gasteiger partial charge in [0.05, 0.1) is 29.5 Å². The van der Waals surface area contributed by atoms with Crippen LogP contribution < -0.4 is 11.1 Å². The third-order valence-corrected chi connectivity index (χ3v) is 3.67. The third kappa shape index (κ3) is 4.10. The van der Waals surface area contributed by atoms with E-state index in [0.717, 1.165) is 39.3 Å². The smallest absolute Gasteiger partial charge is 0.253 e. The number of benzene rings is 1. The number of nitrogen functional groups attached to an aromatic ring is 1. The van der Waals surface area contributed by atoms with Crippen molar-refractivity contribution in [2.24, 2.45) is 0 Å². The molecule has 5 nitrogen and oxygen atoms in total. The predicted molar refractivity (Wildman–Crippen MR) is 80.1 cm³/mol. The number of amides is 1. The number of nitrogens with zero attached hydrogens (tertiary/aromatic N) is 1. The van der Waals surface area contributed by atoms with Gasteiger partial charge in [-0.05, 0) is 25.1 Å². The first-order valence-corrected chi connectivity index (χ1v) is 7.18. The zero-order chi connectivity index (χ0) is 14.4. The van der Waals surface area contributed by atoms with Crippen LogP contribution in [0.15, 0.2) is 18.2 Å². The summed E-state index contributed by atoms with van der Waals surface area (Å²) in [5, 5.41) is 3.28. The van der Waals surface area contributed by atoms with Gasteiger partial charge in [-0.1, -0.05) is 17.7 Å². The van der Waals surface area contributed by atoms with Gasteiger partial charge in [0.15, 0.2) is 0 Å². The lowest BCUT2D eigenvalue weighted by Gasteiger charge is -2.26. The number of ether oxygens (including phenoxy) is 1. The first kappa shape index (κ1) is 15.1. The average Bonchev–Trinajstić information content (AvgIpc) is 2.47. The Kier molecular flexibility index (Phi) is 5.64. The van der Waals surface area contributed by atoms with E-state index >= 15 is 0 Å². The largest absolute Gasteiger partial charge is 0.397 e. The highest BCUT2D eigenvalue weighted by molar-refractivity contribution is 6.33. The van der Waals surface area contributed by atoms with Crippen LogP contribution in [-0.4, -0.2) is 50.2 Å². The van der Waals surface area contributed by atoms with E-state index in [1.165, 1.54) is 0 Å². The summed E-state index contributed by atoms with van der Waals surface area (Å²) in [7, 11) is 0. The van der Waals surface area contributed by atoms with Crippen LogP contribution in [-0.2, 0) is 4.74 Å². The molecule has 1 aromatic carbocycles. The first-order valence-electron chi connectivity index (χ1n) is 6.81. The number of halogens is 1. The second kappa shape index (κ2) is 7.47. The normalized spacial score (nSPS) is 16.1. The summed E-state index contributed by atoms with van der Waals surface area (Å²) < 4.78 is 5.29. The molecule has 1 aliphatic rings. The lowest BCUT2D eigenvalue weighted by Crippen LogP contribution is -2.38. The molecule has 1 heterocycles. The van der Waals surface area contributed by atoms with Gasteiger partial charge in [-0.15, -0.1) is 0 Å². The van der Waals surface area contributed by atoms with Gasteiger partial charge >= 0.3 is 0 Å². The molecule has 0 aliphatic carbocycles. The van der Waals surface area contributed by atoms with E-state index in [1.807, 2.05) is 0 Å². The Bertz CT molecular complexity index is 462. The Morgan fingerprint density at radius 2 is 2.15 bits per heavy atom. The highest BCUT2D eigenvalue weighted by atomic mass is 35.5. The van der Waals surface area contributed by atoms with Crippen molar-refractivity contribution in [1.29, 1.82) is 0 Å². The van der Waals surface area contributed by atoms with Crippen LogP contribution in [0.4, 0.5) is 5.69 Å². The van der Waals surface area contributed by atoms with Crippen molar-refractivity contribution in [3.8, 4) is 0 Å². The minimum Gasteiger partial charge on any atom is -0.397 e. The first-order chi connectivity index (χ1) is 9.68. The highest BCUT2D eigenvalue weighted by Gasteiger charge is 2.12. The van der Waals surface area contributed by atoms with E-state index < -0.39 is 0 Å². The maximum Gasteiger partial charge on any atom is 0.253 e. The number of anilines is 1. The fourth-order valence-corrected chi connectivity index (χ4v) is 2.33. The Labute approximate surface area is 124 Å². The molecule has 1 amide bonds. The Balaban J connectivity index is 1.73. The van der Waals surface area contributed by atoms with E-state index in [1.54, 1.807) is 18.2 Å². The van der Waals surface area contributed by atoms with Crippen molar-refractivity contribution < 1.29 is 9.53 Å². The van der Waals surface area contributed by atoms with Crippen LogP contribution in [0.3, 0.4) is 0 Å². The van der Waals surface area contributed by atoms with E-state index in [2.05, 4.69) is 10.2 Å². The molecule has 110 valence electrons. The summed E-state index contributed by atoms with van der Waals surface area (Å²) in [6, 6.07) is 5.08. The second-order valence-corrected chi connectivity index (χ2v) is 5.17. The molecule has 20 heavy (non-hydrogen) atoms. The van der Waals surface area contributed by atoms with E-state index in [-0.39, 0.29) is 5.91 Å². The van der Waals surface area contributed by atoms with Crippen LogP contribution in [0.25, 0.3) is 0 Å². The lowest BCUT2D eigenvalue weighted by atomic mass is 10.1. The van der Waals surface area contributed by atoms with Gasteiger partial charge in [0.2, 0.25) is 0 Å². The molecule has 1 aliphatic heterocycles. The number of nitrogens with one attached hydrogen (secondary N) is 1. The van der Waals surface area contributed by atoms with Crippen LogP contribution in [0.1, 0.15) is 16.8 Å². The summed E-state index contributed by atoms with van der Waals surface area (Å²) in [5.74, 6) is -0.174. The zero-order valence-electron chi connectivity index (χ0n) is 11.4. The van der Waals surface area contributed by atoms with Crippen LogP contribution >= 0.6 is 11.6 Å². The standard InChI is InChI=1S/C14H20ClN3O2/c15-12-4-1-3-11(13(12)16)14(19)17-5-2-6-18-7-9-20-10-8-18/h1,3-4H,2,5-10,16H2,(H,17,19). The summed E-state index contributed by atoms with van der Waals surface area (Å²) in [5.41, 5.74) is 6.56. The van der Waals surface area contributed by atoms with Gasteiger partial charge in [-0.3, -0.25) is 9.69 Å². The fourth-order valence-electron chi connectivity index (χ4n) is 2.16.